The summed E-state index contributed by atoms with van der Waals surface area (Å²) < 4.78 is 0. The summed E-state index contributed by atoms with van der Waals surface area (Å²) in [7, 11) is 0. The highest BCUT2D eigenvalue weighted by molar-refractivity contribution is 5.93. The number of carboxylic acid groups (broad SMARTS) is 1. The van der Waals surface area contributed by atoms with E-state index in [4.69, 9.17) is 5.11 Å². The molecular weight excluding hydrogens is 210 g/mol. The summed E-state index contributed by atoms with van der Waals surface area (Å²) in [5, 5.41) is 12.5. The van der Waals surface area contributed by atoms with Gasteiger partial charge < -0.3 is 5.11 Å². The molecule has 0 bridgehead atoms. The Kier molecular flexibility index (Phi) is 2.41. The molecule has 0 radical (unpaired) electrons. The van der Waals surface area contributed by atoms with E-state index in [1.54, 1.807) is 18.1 Å². The van der Waals surface area contributed by atoms with Crippen molar-refractivity contribution in [3.05, 3.63) is 35.6 Å². The van der Waals surface area contributed by atoms with Crippen molar-refractivity contribution in [2.24, 2.45) is 5.10 Å². The Morgan fingerprint density at radius 1 is 1.50 bits per heavy atom. The predicted molar refractivity (Wildman–Crippen MR) is 56.7 cm³/mol. The number of carbonyl (C=O) groups excluding carboxylic acids is 1. The highest BCUT2D eigenvalue weighted by atomic mass is 16.4. The van der Waals surface area contributed by atoms with Crippen LogP contribution in [-0.4, -0.2) is 23.4 Å². The number of rotatable bonds is 2. The number of nitrogens with one attached hydrogen (secondary N) is 1. The van der Waals surface area contributed by atoms with Crippen LogP contribution in [0.1, 0.15) is 10.4 Å². The van der Waals surface area contributed by atoms with E-state index in [2.05, 4.69) is 10.5 Å². The standard InChI is InChI=1S/C10H7N3O3/c14-5-9-12-11-6-13(9)8-3-1-2-7(4-8)10(15)16/h1-4,6,12H,(H,15,16). The number of benzene rings is 1. The zero-order valence-electron chi connectivity index (χ0n) is 8.04. The van der Waals surface area contributed by atoms with Gasteiger partial charge in [-0.1, -0.05) is 6.07 Å². The van der Waals surface area contributed by atoms with Crippen LogP contribution in [0.3, 0.4) is 0 Å². The quantitative estimate of drug-likeness (QED) is 0.701. The van der Waals surface area contributed by atoms with Crippen LogP contribution in [0.15, 0.2) is 35.2 Å². The molecule has 6 heteroatoms. The van der Waals surface area contributed by atoms with Gasteiger partial charge in [0.25, 0.3) is 0 Å². The maximum Gasteiger partial charge on any atom is 0.335 e. The summed E-state index contributed by atoms with van der Waals surface area (Å²) in [5.74, 6) is 0.772. The molecule has 2 rings (SSSR count). The summed E-state index contributed by atoms with van der Waals surface area (Å²) in [6.45, 7) is 0. The Morgan fingerprint density at radius 3 is 3.00 bits per heavy atom. The maximum absolute atomic E-state index is 10.8. The van der Waals surface area contributed by atoms with Crippen molar-refractivity contribution in [3.63, 3.8) is 0 Å². The Labute approximate surface area is 90.5 Å². The molecule has 6 nitrogen and oxygen atoms in total. The molecule has 0 spiro atoms. The zero-order valence-corrected chi connectivity index (χ0v) is 8.04. The monoisotopic (exact) mass is 217 g/mol. The van der Waals surface area contributed by atoms with E-state index in [0.717, 1.165) is 0 Å². The highest BCUT2D eigenvalue weighted by Crippen LogP contribution is 2.19. The summed E-state index contributed by atoms with van der Waals surface area (Å²) >= 11 is 0. The summed E-state index contributed by atoms with van der Waals surface area (Å²) in [6, 6.07) is 6.17. The van der Waals surface area contributed by atoms with Gasteiger partial charge in [-0.3, -0.25) is 10.3 Å². The second-order valence-electron chi connectivity index (χ2n) is 3.03. The first-order valence-corrected chi connectivity index (χ1v) is 4.39. The van der Waals surface area contributed by atoms with Crippen LogP contribution in [0, 0.1) is 0 Å². The van der Waals surface area contributed by atoms with Crippen LogP contribution >= 0.6 is 0 Å². The number of hydrazone groups is 1. The molecule has 0 unspecified atom stereocenters. The van der Waals surface area contributed by atoms with E-state index in [1.807, 2.05) is 0 Å². The fourth-order valence-electron chi connectivity index (χ4n) is 1.32. The van der Waals surface area contributed by atoms with Crippen LogP contribution in [0.25, 0.3) is 0 Å². The van der Waals surface area contributed by atoms with Gasteiger partial charge in [-0.15, -0.1) is 0 Å². The second kappa shape index (κ2) is 3.88. The molecular formula is C10H7N3O3. The average Bonchev–Trinajstić information content (AvgIpc) is 2.77. The van der Waals surface area contributed by atoms with E-state index in [0.29, 0.717) is 5.69 Å². The number of aromatic carboxylic acids is 1. The lowest BCUT2D eigenvalue weighted by atomic mass is 10.2. The SMILES string of the molecule is O=C=C1NN=CN1c1cccc(C(=O)O)c1. The number of carboxylic acids is 1. The minimum absolute atomic E-state index is 0.127. The van der Waals surface area contributed by atoms with Crippen molar-refractivity contribution >= 4 is 23.9 Å². The number of hydrogen-bond donors (Lipinski definition) is 2. The Balaban J connectivity index is 2.41. The molecule has 1 aromatic rings. The van der Waals surface area contributed by atoms with Gasteiger partial charge in [0.15, 0.2) is 5.94 Å². The van der Waals surface area contributed by atoms with Crippen molar-refractivity contribution in [2.45, 2.75) is 0 Å². The van der Waals surface area contributed by atoms with Crippen molar-refractivity contribution in [2.75, 3.05) is 4.90 Å². The lowest BCUT2D eigenvalue weighted by Crippen LogP contribution is -2.21. The topological polar surface area (TPSA) is 82.0 Å². The molecule has 0 atom stereocenters. The van der Waals surface area contributed by atoms with Crippen LogP contribution < -0.4 is 10.3 Å². The molecule has 16 heavy (non-hydrogen) atoms. The van der Waals surface area contributed by atoms with Gasteiger partial charge in [0.05, 0.1) is 11.3 Å². The zero-order chi connectivity index (χ0) is 11.5. The van der Waals surface area contributed by atoms with Gasteiger partial charge in [-0.25, -0.2) is 9.59 Å². The fraction of sp³-hybridized carbons (Fsp3) is 0. The molecule has 1 aromatic carbocycles. The predicted octanol–water partition coefficient (Wildman–Crippen LogP) is 0.411. The molecule has 80 valence electrons. The molecule has 0 amide bonds. The number of hydrogen-bond acceptors (Lipinski definition) is 5. The van der Waals surface area contributed by atoms with Crippen molar-refractivity contribution in [1.82, 2.24) is 5.43 Å². The Morgan fingerprint density at radius 2 is 2.31 bits per heavy atom. The van der Waals surface area contributed by atoms with Gasteiger partial charge in [-0.2, -0.15) is 5.10 Å². The fourth-order valence-corrected chi connectivity index (χ4v) is 1.32. The van der Waals surface area contributed by atoms with E-state index < -0.39 is 5.97 Å². The third-order valence-electron chi connectivity index (χ3n) is 2.05. The minimum Gasteiger partial charge on any atom is -0.478 e. The number of anilines is 1. The van der Waals surface area contributed by atoms with E-state index in [1.165, 1.54) is 23.4 Å². The molecule has 0 fully saturated rings. The van der Waals surface area contributed by atoms with Crippen LogP contribution in [-0.2, 0) is 4.79 Å². The minimum atomic E-state index is -1.03. The molecule has 0 saturated heterocycles. The maximum atomic E-state index is 10.8. The summed E-state index contributed by atoms with van der Waals surface area (Å²) in [4.78, 5) is 22.7. The second-order valence-corrected chi connectivity index (χ2v) is 3.03. The van der Waals surface area contributed by atoms with E-state index in [-0.39, 0.29) is 11.4 Å². The number of carbonyl (C=O) groups is 1. The van der Waals surface area contributed by atoms with Crippen molar-refractivity contribution in [3.8, 4) is 0 Å². The third kappa shape index (κ3) is 1.65. The van der Waals surface area contributed by atoms with Gasteiger partial charge in [0.2, 0.25) is 5.82 Å². The largest absolute Gasteiger partial charge is 0.478 e. The average molecular weight is 217 g/mol. The van der Waals surface area contributed by atoms with Crippen molar-refractivity contribution in [1.29, 1.82) is 0 Å². The summed E-state index contributed by atoms with van der Waals surface area (Å²) in [5.41, 5.74) is 3.12. The first-order chi connectivity index (χ1) is 7.72. The molecule has 0 saturated carbocycles. The highest BCUT2D eigenvalue weighted by Gasteiger charge is 2.16. The smallest absolute Gasteiger partial charge is 0.335 e. The van der Waals surface area contributed by atoms with Gasteiger partial charge >= 0.3 is 5.97 Å². The molecule has 0 aromatic heterocycles. The van der Waals surface area contributed by atoms with E-state index >= 15 is 0 Å². The molecule has 2 N–H and O–H groups in total. The molecule has 1 heterocycles. The van der Waals surface area contributed by atoms with Gasteiger partial charge in [0, 0.05) is 0 Å². The van der Waals surface area contributed by atoms with Crippen LogP contribution in [0.2, 0.25) is 0 Å². The van der Waals surface area contributed by atoms with E-state index in [9.17, 15) is 9.59 Å². The first kappa shape index (κ1) is 9.95. The first-order valence-electron chi connectivity index (χ1n) is 4.39. The summed E-state index contributed by atoms with van der Waals surface area (Å²) in [6.07, 6.45) is 1.38. The van der Waals surface area contributed by atoms with Crippen LogP contribution in [0.4, 0.5) is 5.69 Å². The van der Waals surface area contributed by atoms with Gasteiger partial charge in [0.1, 0.15) is 6.34 Å². The Hall–Kier alpha value is -2.59. The van der Waals surface area contributed by atoms with Crippen molar-refractivity contribution < 1.29 is 14.7 Å². The van der Waals surface area contributed by atoms with Gasteiger partial charge in [-0.05, 0) is 18.2 Å². The lowest BCUT2D eigenvalue weighted by Gasteiger charge is -2.13. The molecule has 0 aliphatic carbocycles. The Bertz CT molecular complexity index is 518. The third-order valence-corrected chi connectivity index (χ3v) is 2.05. The normalized spacial score (nSPS) is 13.5. The molecule has 1 aliphatic rings. The van der Waals surface area contributed by atoms with Crippen LogP contribution in [0.5, 0.6) is 0 Å². The lowest BCUT2D eigenvalue weighted by molar-refractivity contribution is 0.0697. The molecule has 1 aliphatic heterocycles. The number of nitrogens with zero attached hydrogens (tertiary/aromatic N) is 2.